The number of hydrogen-bond acceptors (Lipinski definition) is 4. The van der Waals surface area contributed by atoms with Gasteiger partial charge in [-0.25, -0.2) is 0 Å². The highest BCUT2D eigenvalue weighted by molar-refractivity contribution is 5.99. The van der Waals surface area contributed by atoms with Crippen molar-refractivity contribution >= 4 is 17.5 Å². The molecule has 0 bridgehead atoms. The van der Waals surface area contributed by atoms with Crippen LogP contribution >= 0.6 is 0 Å². The van der Waals surface area contributed by atoms with E-state index in [9.17, 15) is 9.59 Å². The maximum absolute atomic E-state index is 12.8. The van der Waals surface area contributed by atoms with Crippen molar-refractivity contribution in [3.8, 4) is 11.5 Å². The Balaban J connectivity index is 1.49. The Bertz CT molecular complexity index is 865. The molecule has 0 aromatic heterocycles. The molecule has 0 aliphatic carbocycles. The van der Waals surface area contributed by atoms with Gasteiger partial charge < -0.3 is 19.3 Å². The molecule has 2 aromatic carbocycles. The highest BCUT2D eigenvalue weighted by Gasteiger charge is 2.23. The average molecular weight is 352 g/mol. The second-order valence-electron chi connectivity index (χ2n) is 6.55. The smallest absolute Gasteiger partial charge is 0.253 e. The molecule has 2 amide bonds. The van der Waals surface area contributed by atoms with Crippen molar-refractivity contribution < 1.29 is 19.1 Å². The summed E-state index contributed by atoms with van der Waals surface area (Å²) in [6, 6.07) is 12.9. The topological polar surface area (TPSA) is 59.1 Å². The number of ether oxygens (including phenoxy) is 2. The molecule has 2 aromatic rings. The van der Waals surface area contributed by atoms with Crippen molar-refractivity contribution in [1.82, 2.24) is 4.90 Å². The summed E-state index contributed by atoms with van der Waals surface area (Å²) in [6.07, 6.45) is 1.43. The number of nitrogens with zero attached hydrogens (tertiary/aromatic N) is 2. The third-order valence-corrected chi connectivity index (χ3v) is 4.68. The first-order chi connectivity index (χ1) is 12.6. The van der Waals surface area contributed by atoms with E-state index in [0.717, 1.165) is 23.4 Å². The molecule has 0 atom stereocenters. The summed E-state index contributed by atoms with van der Waals surface area (Å²) in [5, 5.41) is 0. The van der Waals surface area contributed by atoms with Gasteiger partial charge in [-0.05, 0) is 42.3 Å². The molecule has 2 aliphatic rings. The van der Waals surface area contributed by atoms with Crippen LogP contribution in [0, 0.1) is 0 Å². The standard InChI is InChI=1S/C20H20N2O4/c1-21(12-14-7-8-17-18(10-14)26-13-25-17)20(24)15-4-2-5-16(11-15)22-9-3-6-19(22)23/h2,4-5,7-8,10-11H,3,6,9,12-13H2,1H3. The molecular weight excluding hydrogens is 332 g/mol. The zero-order chi connectivity index (χ0) is 18.1. The van der Waals surface area contributed by atoms with Gasteiger partial charge in [0.25, 0.3) is 5.91 Å². The highest BCUT2D eigenvalue weighted by atomic mass is 16.7. The van der Waals surface area contributed by atoms with Crippen molar-refractivity contribution in [2.45, 2.75) is 19.4 Å². The predicted octanol–water partition coefficient (Wildman–Crippen LogP) is 2.81. The molecule has 0 N–H and O–H groups in total. The molecule has 0 unspecified atom stereocenters. The van der Waals surface area contributed by atoms with Crippen LogP contribution in [-0.2, 0) is 11.3 Å². The molecule has 6 heteroatoms. The van der Waals surface area contributed by atoms with Crippen molar-refractivity contribution in [3.63, 3.8) is 0 Å². The lowest BCUT2D eigenvalue weighted by molar-refractivity contribution is -0.117. The van der Waals surface area contributed by atoms with Gasteiger partial charge in [-0.15, -0.1) is 0 Å². The van der Waals surface area contributed by atoms with Gasteiger partial charge >= 0.3 is 0 Å². The largest absolute Gasteiger partial charge is 0.454 e. The molecule has 1 fully saturated rings. The summed E-state index contributed by atoms with van der Waals surface area (Å²) in [6.45, 7) is 1.40. The number of fused-ring (bicyclic) bond motifs is 1. The fraction of sp³-hybridized carbons (Fsp3) is 0.300. The van der Waals surface area contributed by atoms with Crippen molar-refractivity contribution in [1.29, 1.82) is 0 Å². The summed E-state index contributed by atoms with van der Waals surface area (Å²) in [7, 11) is 1.76. The SMILES string of the molecule is CN(Cc1ccc2c(c1)OCO2)C(=O)c1cccc(N2CCCC2=O)c1. The molecule has 134 valence electrons. The van der Waals surface area contributed by atoms with Crippen LogP contribution < -0.4 is 14.4 Å². The quantitative estimate of drug-likeness (QED) is 0.849. The summed E-state index contributed by atoms with van der Waals surface area (Å²) in [5.74, 6) is 1.46. The monoisotopic (exact) mass is 352 g/mol. The fourth-order valence-electron chi connectivity index (χ4n) is 3.33. The maximum Gasteiger partial charge on any atom is 0.253 e. The van der Waals surface area contributed by atoms with E-state index in [1.165, 1.54) is 0 Å². The number of amides is 2. The van der Waals surface area contributed by atoms with Crippen LogP contribution in [0.2, 0.25) is 0 Å². The second kappa shape index (κ2) is 6.71. The number of carbonyl (C=O) groups is 2. The predicted molar refractivity (Wildman–Crippen MR) is 96.4 cm³/mol. The number of hydrogen-bond donors (Lipinski definition) is 0. The molecule has 4 rings (SSSR count). The summed E-state index contributed by atoms with van der Waals surface area (Å²) in [4.78, 5) is 28.1. The Kier molecular flexibility index (Phi) is 4.24. The van der Waals surface area contributed by atoms with Crippen LogP contribution in [0.3, 0.4) is 0 Å². The van der Waals surface area contributed by atoms with Crippen LogP contribution in [0.1, 0.15) is 28.8 Å². The molecule has 2 aliphatic heterocycles. The summed E-state index contributed by atoms with van der Waals surface area (Å²) >= 11 is 0. The summed E-state index contributed by atoms with van der Waals surface area (Å²) < 4.78 is 10.7. The minimum Gasteiger partial charge on any atom is -0.454 e. The maximum atomic E-state index is 12.8. The van der Waals surface area contributed by atoms with Crippen LogP contribution in [0.4, 0.5) is 5.69 Å². The Hall–Kier alpha value is -3.02. The minimum atomic E-state index is -0.0869. The van der Waals surface area contributed by atoms with E-state index in [4.69, 9.17) is 9.47 Å². The normalized spacial score (nSPS) is 15.4. The van der Waals surface area contributed by atoms with Gasteiger partial charge in [0.15, 0.2) is 11.5 Å². The molecule has 1 saturated heterocycles. The molecule has 2 heterocycles. The van der Waals surface area contributed by atoms with Gasteiger partial charge in [0, 0.05) is 37.8 Å². The zero-order valence-corrected chi connectivity index (χ0v) is 14.6. The number of rotatable bonds is 4. The number of benzene rings is 2. The van der Waals surface area contributed by atoms with Gasteiger partial charge in [-0.1, -0.05) is 12.1 Å². The Labute approximate surface area is 151 Å². The van der Waals surface area contributed by atoms with Crippen molar-refractivity contribution in [3.05, 3.63) is 53.6 Å². The Morgan fingerprint density at radius 3 is 2.81 bits per heavy atom. The third kappa shape index (κ3) is 3.10. The molecule has 26 heavy (non-hydrogen) atoms. The molecule has 0 spiro atoms. The lowest BCUT2D eigenvalue weighted by atomic mass is 10.1. The Morgan fingerprint density at radius 1 is 1.15 bits per heavy atom. The Morgan fingerprint density at radius 2 is 2.00 bits per heavy atom. The molecule has 0 radical (unpaired) electrons. The summed E-state index contributed by atoms with van der Waals surface area (Å²) in [5.41, 5.74) is 2.33. The third-order valence-electron chi connectivity index (χ3n) is 4.68. The lowest BCUT2D eigenvalue weighted by Gasteiger charge is -2.20. The number of anilines is 1. The first kappa shape index (κ1) is 16.4. The van der Waals surface area contributed by atoms with Crippen molar-refractivity contribution in [2.24, 2.45) is 0 Å². The highest BCUT2D eigenvalue weighted by Crippen LogP contribution is 2.33. The van der Waals surface area contributed by atoms with E-state index < -0.39 is 0 Å². The lowest BCUT2D eigenvalue weighted by Crippen LogP contribution is -2.27. The van der Waals surface area contributed by atoms with E-state index in [0.29, 0.717) is 30.8 Å². The molecular formula is C20H20N2O4. The molecule has 6 nitrogen and oxygen atoms in total. The van der Waals surface area contributed by atoms with E-state index in [1.807, 2.05) is 30.3 Å². The number of carbonyl (C=O) groups excluding carboxylic acids is 2. The fourth-order valence-corrected chi connectivity index (χ4v) is 3.33. The van der Waals surface area contributed by atoms with Gasteiger partial charge in [0.05, 0.1) is 0 Å². The first-order valence-corrected chi connectivity index (χ1v) is 8.66. The van der Waals surface area contributed by atoms with Crippen LogP contribution in [0.25, 0.3) is 0 Å². The van der Waals surface area contributed by atoms with E-state index in [2.05, 4.69) is 0 Å². The van der Waals surface area contributed by atoms with Crippen LogP contribution in [0.5, 0.6) is 11.5 Å². The van der Waals surface area contributed by atoms with Gasteiger partial charge in [-0.2, -0.15) is 0 Å². The van der Waals surface area contributed by atoms with Gasteiger partial charge in [0.1, 0.15) is 0 Å². The van der Waals surface area contributed by atoms with E-state index in [-0.39, 0.29) is 18.6 Å². The van der Waals surface area contributed by atoms with Crippen molar-refractivity contribution in [2.75, 3.05) is 25.3 Å². The second-order valence-corrected chi connectivity index (χ2v) is 6.55. The van der Waals surface area contributed by atoms with Crippen LogP contribution in [0.15, 0.2) is 42.5 Å². The first-order valence-electron chi connectivity index (χ1n) is 8.66. The van der Waals surface area contributed by atoms with Gasteiger partial charge in [0.2, 0.25) is 12.7 Å². The molecule has 0 saturated carbocycles. The zero-order valence-electron chi connectivity index (χ0n) is 14.6. The average Bonchev–Trinajstić information content (AvgIpc) is 3.29. The van der Waals surface area contributed by atoms with E-state index >= 15 is 0 Å². The van der Waals surface area contributed by atoms with Crippen LogP contribution in [-0.4, -0.2) is 37.1 Å². The van der Waals surface area contributed by atoms with E-state index in [1.54, 1.807) is 29.0 Å². The minimum absolute atomic E-state index is 0.0869. The van der Waals surface area contributed by atoms with Gasteiger partial charge in [-0.3, -0.25) is 9.59 Å².